The largest absolute Gasteiger partial charge is 0.416 e. The van der Waals surface area contributed by atoms with Crippen molar-refractivity contribution in [2.24, 2.45) is 4.99 Å². The number of rotatable bonds is 0. The first-order valence-electron chi connectivity index (χ1n) is 6.57. The normalized spacial score (nSPS) is 19.3. The second kappa shape index (κ2) is 4.54. The first kappa shape index (κ1) is 12.5. The third kappa shape index (κ3) is 2.33. The van der Waals surface area contributed by atoms with Crippen LogP contribution in [0, 0.1) is 0 Å². The molecule has 0 spiro atoms. The minimum Gasteiger partial charge on any atom is -0.356 e. The molecule has 1 fully saturated rings. The van der Waals surface area contributed by atoms with Gasteiger partial charge in [-0.25, -0.2) is 4.99 Å². The number of nitrogens with zero attached hydrogens (tertiary/aromatic N) is 2. The first-order chi connectivity index (χ1) is 9.05. The van der Waals surface area contributed by atoms with Crippen molar-refractivity contribution in [1.82, 2.24) is 4.90 Å². The van der Waals surface area contributed by atoms with Crippen molar-refractivity contribution in [3.8, 4) is 0 Å². The molecule has 5 heteroatoms. The van der Waals surface area contributed by atoms with Crippen LogP contribution in [0.1, 0.15) is 36.8 Å². The highest BCUT2D eigenvalue weighted by Gasteiger charge is 2.36. The van der Waals surface area contributed by atoms with Crippen molar-refractivity contribution < 1.29 is 13.2 Å². The molecule has 2 aliphatic heterocycles. The molecule has 2 heterocycles. The van der Waals surface area contributed by atoms with Gasteiger partial charge in [0.25, 0.3) is 0 Å². The van der Waals surface area contributed by atoms with Crippen molar-refractivity contribution in [3.05, 3.63) is 29.3 Å². The van der Waals surface area contributed by atoms with Crippen LogP contribution in [0.4, 0.5) is 18.9 Å². The summed E-state index contributed by atoms with van der Waals surface area (Å²) in [7, 11) is 0. The number of aliphatic imine (C=N–C) groups is 1. The lowest BCUT2D eigenvalue weighted by molar-refractivity contribution is -0.138. The summed E-state index contributed by atoms with van der Waals surface area (Å²) in [6.07, 6.45) is -0.204. The molecule has 0 aromatic heterocycles. The second-order valence-corrected chi connectivity index (χ2v) is 5.06. The summed E-state index contributed by atoms with van der Waals surface area (Å²) in [5.41, 5.74) is 0.265. The van der Waals surface area contributed by atoms with Crippen LogP contribution in [0.25, 0.3) is 0 Å². The van der Waals surface area contributed by atoms with Gasteiger partial charge < -0.3 is 4.90 Å². The topological polar surface area (TPSA) is 15.6 Å². The molecule has 0 radical (unpaired) electrons. The van der Waals surface area contributed by atoms with Crippen molar-refractivity contribution in [2.75, 3.05) is 6.54 Å². The summed E-state index contributed by atoms with van der Waals surface area (Å²) in [4.78, 5) is 6.45. The van der Waals surface area contributed by atoms with Crippen LogP contribution in [0.3, 0.4) is 0 Å². The van der Waals surface area contributed by atoms with Gasteiger partial charge in [-0.2, -0.15) is 13.2 Å². The summed E-state index contributed by atoms with van der Waals surface area (Å²) >= 11 is 0. The molecule has 1 aromatic rings. The third-order valence-electron chi connectivity index (χ3n) is 3.75. The molecular formula is C14H15F3N2. The zero-order valence-electron chi connectivity index (χ0n) is 10.5. The van der Waals surface area contributed by atoms with Crippen molar-refractivity contribution in [1.29, 1.82) is 0 Å². The van der Waals surface area contributed by atoms with Gasteiger partial charge in [0.1, 0.15) is 5.84 Å². The van der Waals surface area contributed by atoms with Crippen LogP contribution in [-0.2, 0) is 12.7 Å². The standard InChI is InChI=1S/C14H15F3N2/c15-14(16,17)11-5-4-6-12-10(11)9-19-8-3-1-2-7-13(19)18-12/h4-6H,1-3,7-9H2. The maximum absolute atomic E-state index is 13.0. The number of hydrogen-bond acceptors (Lipinski definition) is 2. The molecule has 2 aliphatic rings. The Kier molecular flexibility index (Phi) is 2.99. The lowest BCUT2D eigenvalue weighted by Crippen LogP contribution is -2.33. The molecule has 0 atom stereocenters. The van der Waals surface area contributed by atoms with Crippen molar-refractivity contribution in [3.63, 3.8) is 0 Å². The molecule has 0 bridgehead atoms. The molecule has 102 valence electrons. The van der Waals surface area contributed by atoms with Crippen LogP contribution in [0.15, 0.2) is 23.2 Å². The Hall–Kier alpha value is -1.52. The molecule has 0 amide bonds. The fourth-order valence-electron chi connectivity index (χ4n) is 2.79. The van der Waals surface area contributed by atoms with Gasteiger partial charge in [-0.05, 0) is 25.0 Å². The third-order valence-corrected chi connectivity index (χ3v) is 3.75. The maximum Gasteiger partial charge on any atom is 0.416 e. The summed E-state index contributed by atoms with van der Waals surface area (Å²) in [5, 5.41) is 0. The van der Waals surface area contributed by atoms with E-state index in [0.717, 1.165) is 44.1 Å². The number of benzene rings is 1. The van der Waals surface area contributed by atoms with Gasteiger partial charge in [-0.3, -0.25) is 0 Å². The van der Waals surface area contributed by atoms with Crippen LogP contribution in [0.2, 0.25) is 0 Å². The number of amidine groups is 1. The van der Waals surface area contributed by atoms with Gasteiger partial charge in [0.15, 0.2) is 0 Å². The lowest BCUT2D eigenvalue weighted by Gasteiger charge is -2.30. The molecular weight excluding hydrogens is 253 g/mol. The summed E-state index contributed by atoms with van der Waals surface area (Å²) < 4.78 is 39.0. The minimum atomic E-state index is -4.30. The molecule has 1 aromatic carbocycles. The molecule has 0 unspecified atom stereocenters. The van der Waals surface area contributed by atoms with Gasteiger partial charge in [-0.1, -0.05) is 12.5 Å². The van der Waals surface area contributed by atoms with Crippen molar-refractivity contribution in [2.45, 2.75) is 38.4 Å². The fourth-order valence-corrected chi connectivity index (χ4v) is 2.79. The molecule has 0 aliphatic carbocycles. The summed E-state index contributed by atoms with van der Waals surface area (Å²) in [5.74, 6) is 0.948. The summed E-state index contributed by atoms with van der Waals surface area (Å²) in [6, 6.07) is 4.27. The average Bonchev–Trinajstić information content (AvgIpc) is 2.58. The number of alkyl halides is 3. The van der Waals surface area contributed by atoms with Crippen molar-refractivity contribution >= 4 is 11.5 Å². The van der Waals surface area contributed by atoms with Gasteiger partial charge in [0.05, 0.1) is 11.3 Å². The van der Waals surface area contributed by atoms with E-state index in [2.05, 4.69) is 4.99 Å². The van der Waals surface area contributed by atoms with Gasteiger partial charge in [-0.15, -0.1) is 0 Å². The highest BCUT2D eigenvalue weighted by molar-refractivity contribution is 5.87. The van der Waals surface area contributed by atoms with Crippen LogP contribution in [-0.4, -0.2) is 17.3 Å². The molecule has 2 nitrogen and oxygen atoms in total. The number of halogens is 3. The Morgan fingerprint density at radius 1 is 1.11 bits per heavy atom. The van der Waals surface area contributed by atoms with E-state index in [1.807, 2.05) is 4.90 Å². The zero-order valence-corrected chi connectivity index (χ0v) is 10.5. The number of fused-ring (bicyclic) bond motifs is 2. The molecule has 19 heavy (non-hydrogen) atoms. The van der Waals surface area contributed by atoms with Gasteiger partial charge in [0, 0.05) is 25.1 Å². The van der Waals surface area contributed by atoms with E-state index < -0.39 is 11.7 Å². The van der Waals surface area contributed by atoms with E-state index in [0.29, 0.717) is 17.8 Å². The molecule has 1 saturated heterocycles. The predicted octanol–water partition coefficient (Wildman–Crippen LogP) is 4.13. The zero-order chi connectivity index (χ0) is 13.5. The van der Waals surface area contributed by atoms with Gasteiger partial charge in [0.2, 0.25) is 0 Å². The van der Waals surface area contributed by atoms with Crippen LogP contribution >= 0.6 is 0 Å². The molecule has 3 rings (SSSR count). The SMILES string of the molecule is FC(F)(F)c1cccc2c1CN1CCCCCC1=N2. The van der Waals surface area contributed by atoms with E-state index in [1.54, 1.807) is 6.07 Å². The Balaban J connectivity index is 2.05. The second-order valence-electron chi connectivity index (χ2n) is 5.06. The van der Waals surface area contributed by atoms with E-state index in [1.165, 1.54) is 6.07 Å². The Morgan fingerprint density at radius 2 is 1.95 bits per heavy atom. The highest BCUT2D eigenvalue weighted by atomic mass is 19.4. The monoisotopic (exact) mass is 268 g/mol. The Labute approximate surface area is 109 Å². The maximum atomic E-state index is 13.0. The lowest BCUT2D eigenvalue weighted by atomic mass is 10.0. The molecule has 0 N–H and O–H groups in total. The fraction of sp³-hybridized carbons (Fsp3) is 0.500. The van der Waals surface area contributed by atoms with E-state index >= 15 is 0 Å². The predicted molar refractivity (Wildman–Crippen MR) is 67.4 cm³/mol. The number of hydrogen-bond donors (Lipinski definition) is 0. The quantitative estimate of drug-likeness (QED) is 0.691. The first-order valence-corrected chi connectivity index (χ1v) is 6.57. The molecule has 0 saturated carbocycles. The van der Waals surface area contributed by atoms with Crippen LogP contribution in [0.5, 0.6) is 0 Å². The van der Waals surface area contributed by atoms with Crippen LogP contribution < -0.4 is 0 Å². The van der Waals surface area contributed by atoms with E-state index in [9.17, 15) is 13.2 Å². The van der Waals surface area contributed by atoms with E-state index in [4.69, 9.17) is 0 Å². The smallest absolute Gasteiger partial charge is 0.356 e. The highest BCUT2D eigenvalue weighted by Crippen LogP contribution is 2.39. The summed E-state index contributed by atoms with van der Waals surface area (Å²) in [6.45, 7) is 1.15. The van der Waals surface area contributed by atoms with E-state index in [-0.39, 0.29) is 0 Å². The minimum absolute atomic E-state index is 0.320. The Morgan fingerprint density at radius 3 is 2.74 bits per heavy atom. The average molecular weight is 268 g/mol. The Bertz CT molecular complexity index is 520. The van der Waals surface area contributed by atoms with Gasteiger partial charge >= 0.3 is 6.18 Å².